The predicted molar refractivity (Wildman–Crippen MR) is 154 cm³/mol. The molecule has 0 aliphatic heterocycles. The summed E-state index contributed by atoms with van der Waals surface area (Å²) in [4.78, 5) is 12.6. The van der Waals surface area contributed by atoms with Gasteiger partial charge in [-0.05, 0) is 64.5 Å². The Morgan fingerprint density at radius 1 is 1.08 bits per heavy atom. The molecular weight excluding hydrogens is 582 g/mol. The molecule has 0 aliphatic rings. The molecule has 0 unspecified atom stereocenters. The standard InChI is InChI=1S/C29H29Br2N3O2/c1-18(2)23-14-25(30)19(3)28(31)29(23)36-17-27(35)33-32-15-24-20(4)34(16-21-10-6-5-7-11-21)26-13-9-8-12-22(24)26/h5-15,18H,16-17H2,1-4H3,(H,33,35)/b32-15-. The van der Waals surface area contributed by atoms with Crippen molar-refractivity contribution in [2.24, 2.45) is 5.10 Å². The highest BCUT2D eigenvalue weighted by Gasteiger charge is 2.18. The van der Waals surface area contributed by atoms with Gasteiger partial charge in [0.1, 0.15) is 5.75 Å². The van der Waals surface area contributed by atoms with E-state index < -0.39 is 0 Å². The minimum absolute atomic E-state index is 0.133. The van der Waals surface area contributed by atoms with E-state index in [-0.39, 0.29) is 18.4 Å². The number of fused-ring (bicyclic) bond motifs is 1. The molecule has 1 amide bonds. The van der Waals surface area contributed by atoms with Crippen LogP contribution >= 0.6 is 31.9 Å². The maximum atomic E-state index is 12.6. The molecule has 0 bridgehead atoms. The Labute approximate surface area is 228 Å². The molecule has 5 nitrogen and oxygen atoms in total. The second kappa shape index (κ2) is 11.4. The quantitative estimate of drug-likeness (QED) is 0.166. The summed E-state index contributed by atoms with van der Waals surface area (Å²) in [6.45, 7) is 8.89. The Hall–Kier alpha value is -2.90. The van der Waals surface area contributed by atoms with Crippen LogP contribution < -0.4 is 10.2 Å². The number of carbonyl (C=O) groups excluding carboxylic acids is 1. The van der Waals surface area contributed by atoms with Crippen LogP contribution in [0.25, 0.3) is 10.9 Å². The molecular formula is C29H29Br2N3O2. The van der Waals surface area contributed by atoms with Gasteiger partial charge in [-0.3, -0.25) is 4.79 Å². The number of hydrazone groups is 1. The number of carbonyl (C=O) groups is 1. The summed E-state index contributed by atoms with van der Waals surface area (Å²) in [6.07, 6.45) is 1.72. The van der Waals surface area contributed by atoms with Gasteiger partial charge in [-0.2, -0.15) is 5.10 Å². The molecule has 36 heavy (non-hydrogen) atoms. The Morgan fingerprint density at radius 2 is 1.78 bits per heavy atom. The molecule has 1 aromatic heterocycles. The fourth-order valence-electron chi connectivity index (χ4n) is 4.22. The molecule has 0 saturated carbocycles. The highest BCUT2D eigenvalue weighted by atomic mass is 79.9. The van der Waals surface area contributed by atoms with Crippen LogP contribution in [0.5, 0.6) is 5.75 Å². The van der Waals surface area contributed by atoms with E-state index >= 15 is 0 Å². The number of ether oxygens (including phenoxy) is 1. The lowest BCUT2D eigenvalue weighted by Crippen LogP contribution is -2.25. The maximum Gasteiger partial charge on any atom is 0.277 e. The van der Waals surface area contributed by atoms with Crippen molar-refractivity contribution in [1.29, 1.82) is 0 Å². The van der Waals surface area contributed by atoms with Crippen LogP contribution in [0.15, 0.2) is 74.7 Å². The van der Waals surface area contributed by atoms with Crippen molar-refractivity contribution < 1.29 is 9.53 Å². The fraction of sp³-hybridized carbons (Fsp3) is 0.241. The fourth-order valence-corrected chi connectivity index (χ4v) is 5.48. The molecule has 0 fully saturated rings. The smallest absolute Gasteiger partial charge is 0.277 e. The van der Waals surface area contributed by atoms with Crippen LogP contribution in [-0.4, -0.2) is 23.3 Å². The monoisotopic (exact) mass is 609 g/mol. The average molecular weight is 611 g/mol. The lowest BCUT2D eigenvalue weighted by molar-refractivity contribution is -0.123. The Balaban J connectivity index is 1.50. The second-order valence-electron chi connectivity index (χ2n) is 9.04. The van der Waals surface area contributed by atoms with Gasteiger partial charge in [-0.1, -0.05) is 78.3 Å². The predicted octanol–water partition coefficient (Wildman–Crippen LogP) is 7.48. The molecule has 4 rings (SSSR count). The van der Waals surface area contributed by atoms with Gasteiger partial charge in [0.25, 0.3) is 5.91 Å². The number of benzene rings is 3. The third kappa shape index (κ3) is 5.57. The SMILES string of the molecule is Cc1c(Br)cc(C(C)C)c(OCC(=O)N/N=C\c2c(C)n(Cc3ccccc3)c3ccccc23)c1Br. The van der Waals surface area contributed by atoms with Crippen molar-refractivity contribution in [1.82, 2.24) is 9.99 Å². The van der Waals surface area contributed by atoms with Crippen molar-refractivity contribution in [3.8, 4) is 5.75 Å². The van der Waals surface area contributed by atoms with E-state index in [1.165, 1.54) is 5.56 Å². The van der Waals surface area contributed by atoms with E-state index in [1.807, 2.05) is 31.2 Å². The lowest BCUT2D eigenvalue weighted by atomic mass is 10.0. The van der Waals surface area contributed by atoms with E-state index in [9.17, 15) is 4.79 Å². The molecule has 1 heterocycles. The van der Waals surface area contributed by atoms with Crippen molar-refractivity contribution in [3.05, 3.63) is 97.6 Å². The Kier molecular flexibility index (Phi) is 8.32. The molecule has 186 valence electrons. The van der Waals surface area contributed by atoms with Crippen LogP contribution in [0, 0.1) is 13.8 Å². The van der Waals surface area contributed by atoms with Gasteiger partial charge < -0.3 is 9.30 Å². The number of nitrogens with zero attached hydrogens (tertiary/aromatic N) is 2. The number of para-hydroxylation sites is 1. The number of hydrogen-bond donors (Lipinski definition) is 1. The Morgan fingerprint density at radius 3 is 2.50 bits per heavy atom. The molecule has 7 heteroatoms. The Bertz CT molecular complexity index is 1430. The zero-order valence-corrected chi connectivity index (χ0v) is 24.0. The number of nitrogens with one attached hydrogen (secondary N) is 1. The average Bonchev–Trinajstić information content (AvgIpc) is 3.13. The first-order valence-corrected chi connectivity index (χ1v) is 13.4. The molecule has 4 aromatic rings. The van der Waals surface area contributed by atoms with Crippen LogP contribution in [0.1, 0.15) is 47.7 Å². The largest absolute Gasteiger partial charge is 0.482 e. The zero-order chi connectivity index (χ0) is 25.8. The normalized spacial score (nSPS) is 11.5. The summed E-state index contributed by atoms with van der Waals surface area (Å²) in [5.74, 6) is 0.606. The van der Waals surface area contributed by atoms with Gasteiger partial charge >= 0.3 is 0 Å². The van der Waals surface area contributed by atoms with Crippen molar-refractivity contribution in [3.63, 3.8) is 0 Å². The number of hydrogen-bond acceptors (Lipinski definition) is 3. The molecule has 0 atom stereocenters. The maximum absolute atomic E-state index is 12.6. The summed E-state index contributed by atoms with van der Waals surface area (Å²) in [5.41, 5.74) is 9.10. The van der Waals surface area contributed by atoms with Crippen molar-refractivity contribution in [2.45, 2.75) is 40.2 Å². The van der Waals surface area contributed by atoms with Crippen LogP contribution in [0.2, 0.25) is 0 Å². The first-order valence-electron chi connectivity index (χ1n) is 11.8. The molecule has 0 saturated heterocycles. The van der Waals surface area contributed by atoms with E-state index in [0.29, 0.717) is 5.75 Å². The molecule has 0 spiro atoms. The van der Waals surface area contributed by atoms with Gasteiger partial charge in [0.05, 0.1) is 10.7 Å². The van der Waals surface area contributed by atoms with Gasteiger partial charge in [-0.25, -0.2) is 5.43 Å². The van der Waals surface area contributed by atoms with Gasteiger partial charge in [-0.15, -0.1) is 0 Å². The number of halogens is 2. The van der Waals surface area contributed by atoms with Gasteiger partial charge in [0.15, 0.2) is 6.61 Å². The van der Waals surface area contributed by atoms with Crippen molar-refractivity contribution >= 4 is 54.9 Å². The molecule has 0 radical (unpaired) electrons. The summed E-state index contributed by atoms with van der Waals surface area (Å²) in [5, 5.41) is 5.35. The summed E-state index contributed by atoms with van der Waals surface area (Å²) < 4.78 is 10.1. The zero-order valence-electron chi connectivity index (χ0n) is 20.8. The summed E-state index contributed by atoms with van der Waals surface area (Å²) >= 11 is 7.21. The van der Waals surface area contributed by atoms with Crippen LogP contribution in [0.4, 0.5) is 0 Å². The van der Waals surface area contributed by atoms with E-state index in [0.717, 1.165) is 48.8 Å². The van der Waals surface area contributed by atoms with Gasteiger partial charge in [0.2, 0.25) is 0 Å². The summed E-state index contributed by atoms with van der Waals surface area (Å²) in [7, 11) is 0. The first kappa shape index (κ1) is 26.2. The highest BCUT2D eigenvalue weighted by molar-refractivity contribution is 9.11. The number of aromatic nitrogens is 1. The molecule has 3 aromatic carbocycles. The minimum atomic E-state index is -0.320. The van der Waals surface area contributed by atoms with E-state index in [4.69, 9.17) is 4.74 Å². The van der Waals surface area contributed by atoms with Crippen LogP contribution in [-0.2, 0) is 11.3 Å². The van der Waals surface area contributed by atoms with E-state index in [2.05, 4.69) is 104 Å². The van der Waals surface area contributed by atoms with Crippen molar-refractivity contribution in [2.75, 3.05) is 6.61 Å². The second-order valence-corrected chi connectivity index (χ2v) is 10.7. The lowest BCUT2D eigenvalue weighted by Gasteiger charge is -2.18. The third-order valence-corrected chi connectivity index (χ3v) is 8.03. The highest BCUT2D eigenvalue weighted by Crippen LogP contribution is 2.40. The third-order valence-electron chi connectivity index (χ3n) is 6.25. The number of amides is 1. The first-order chi connectivity index (χ1) is 17.3. The van der Waals surface area contributed by atoms with E-state index in [1.54, 1.807) is 6.21 Å². The minimum Gasteiger partial charge on any atom is -0.482 e. The van der Waals surface area contributed by atoms with Gasteiger partial charge in [0, 0.05) is 33.2 Å². The number of rotatable bonds is 8. The molecule has 0 aliphatic carbocycles. The topological polar surface area (TPSA) is 55.6 Å². The van der Waals surface area contributed by atoms with Crippen LogP contribution in [0.3, 0.4) is 0 Å². The summed E-state index contributed by atoms with van der Waals surface area (Å²) in [6, 6.07) is 20.7. The molecule has 1 N–H and O–H groups in total.